The zero-order chi connectivity index (χ0) is 13.1. The molecule has 0 bridgehead atoms. The van der Waals surface area contributed by atoms with Crippen LogP contribution in [0.4, 0.5) is 0 Å². The van der Waals surface area contributed by atoms with Crippen molar-refractivity contribution in [3.63, 3.8) is 0 Å². The second-order valence-corrected chi connectivity index (χ2v) is 5.16. The SMILES string of the molecule is CC1CC(C(=O)N(CC(N)=O)C2CCNC2)CO1. The standard InChI is InChI=1S/C12H21N3O3/c1-8-4-9(7-18-8)12(17)15(6-11(13)16)10-2-3-14-5-10/h8-10,14H,2-7H2,1H3,(H2,13,16). The lowest BCUT2D eigenvalue weighted by Gasteiger charge is -2.29. The van der Waals surface area contributed by atoms with Crippen LogP contribution in [0.15, 0.2) is 0 Å². The molecule has 0 spiro atoms. The first-order valence-electron chi connectivity index (χ1n) is 6.49. The maximum absolute atomic E-state index is 12.4. The Hall–Kier alpha value is -1.14. The van der Waals surface area contributed by atoms with E-state index in [0.717, 1.165) is 25.9 Å². The number of carbonyl (C=O) groups is 2. The molecule has 2 heterocycles. The van der Waals surface area contributed by atoms with Crippen LogP contribution in [0.3, 0.4) is 0 Å². The number of hydrogen-bond acceptors (Lipinski definition) is 4. The van der Waals surface area contributed by atoms with Gasteiger partial charge in [0.15, 0.2) is 0 Å². The summed E-state index contributed by atoms with van der Waals surface area (Å²) < 4.78 is 5.43. The van der Waals surface area contributed by atoms with Gasteiger partial charge in [0.1, 0.15) is 0 Å². The molecule has 2 rings (SSSR count). The molecule has 6 nitrogen and oxygen atoms in total. The Morgan fingerprint density at radius 3 is 2.78 bits per heavy atom. The van der Waals surface area contributed by atoms with Gasteiger partial charge in [0.25, 0.3) is 0 Å². The Labute approximate surface area is 107 Å². The molecule has 0 radical (unpaired) electrons. The molecule has 3 atom stereocenters. The molecule has 2 aliphatic rings. The van der Waals surface area contributed by atoms with E-state index >= 15 is 0 Å². The van der Waals surface area contributed by atoms with E-state index in [0.29, 0.717) is 6.61 Å². The van der Waals surface area contributed by atoms with Gasteiger partial charge >= 0.3 is 0 Å². The fourth-order valence-corrected chi connectivity index (χ4v) is 2.68. The highest BCUT2D eigenvalue weighted by Crippen LogP contribution is 2.23. The first-order chi connectivity index (χ1) is 8.58. The first-order valence-corrected chi connectivity index (χ1v) is 6.49. The summed E-state index contributed by atoms with van der Waals surface area (Å²) in [5, 5.41) is 3.20. The van der Waals surface area contributed by atoms with Crippen molar-refractivity contribution in [3.05, 3.63) is 0 Å². The number of ether oxygens (including phenoxy) is 1. The first kappa shape index (κ1) is 13.3. The number of carbonyl (C=O) groups excluding carboxylic acids is 2. The van der Waals surface area contributed by atoms with Gasteiger partial charge in [0, 0.05) is 12.6 Å². The van der Waals surface area contributed by atoms with E-state index in [1.807, 2.05) is 6.92 Å². The highest BCUT2D eigenvalue weighted by atomic mass is 16.5. The lowest BCUT2D eigenvalue weighted by molar-refractivity contribution is -0.140. The van der Waals surface area contributed by atoms with Crippen LogP contribution in [0.1, 0.15) is 19.8 Å². The summed E-state index contributed by atoms with van der Waals surface area (Å²) in [6, 6.07) is 0.0842. The summed E-state index contributed by atoms with van der Waals surface area (Å²) in [5.74, 6) is -0.575. The topological polar surface area (TPSA) is 84.7 Å². The second kappa shape index (κ2) is 5.67. The third-order valence-corrected chi connectivity index (χ3v) is 3.63. The molecule has 2 amide bonds. The number of rotatable bonds is 4. The molecule has 102 valence electrons. The minimum atomic E-state index is -0.456. The largest absolute Gasteiger partial charge is 0.378 e. The Kier molecular flexibility index (Phi) is 4.19. The molecule has 18 heavy (non-hydrogen) atoms. The van der Waals surface area contributed by atoms with E-state index in [9.17, 15) is 9.59 Å². The number of nitrogens with one attached hydrogen (secondary N) is 1. The summed E-state index contributed by atoms with van der Waals surface area (Å²) in [5.41, 5.74) is 5.24. The highest BCUT2D eigenvalue weighted by molar-refractivity contribution is 5.85. The molecule has 6 heteroatoms. The average Bonchev–Trinajstić information content (AvgIpc) is 2.95. The maximum Gasteiger partial charge on any atom is 0.237 e. The van der Waals surface area contributed by atoms with Crippen molar-refractivity contribution in [2.45, 2.75) is 31.9 Å². The molecule has 3 unspecified atom stereocenters. The number of primary amides is 1. The van der Waals surface area contributed by atoms with Gasteiger partial charge in [-0.2, -0.15) is 0 Å². The molecular formula is C12H21N3O3. The van der Waals surface area contributed by atoms with E-state index < -0.39 is 5.91 Å². The number of nitrogens with two attached hydrogens (primary N) is 1. The average molecular weight is 255 g/mol. The molecule has 2 aliphatic heterocycles. The number of amides is 2. The van der Waals surface area contributed by atoms with E-state index in [2.05, 4.69) is 5.32 Å². The summed E-state index contributed by atoms with van der Waals surface area (Å²) >= 11 is 0. The summed E-state index contributed by atoms with van der Waals surface area (Å²) in [6.45, 7) is 4.04. The Morgan fingerprint density at radius 1 is 1.50 bits per heavy atom. The fourth-order valence-electron chi connectivity index (χ4n) is 2.68. The van der Waals surface area contributed by atoms with E-state index in [1.165, 1.54) is 0 Å². The van der Waals surface area contributed by atoms with E-state index in [4.69, 9.17) is 10.5 Å². The van der Waals surface area contributed by atoms with Crippen LogP contribution in [0, 0.1) is 5.92 Å². The predicted molar refractivity (Wildman–Crippen MR) is 65.7 cm³/mol. The van der Waals surface area contributed by atoms with Crippen molar-refractivity contribution in [1.82, 2.24) is 10.2 Å². The van der Waals surface area contributed by atoms with Gasteiger partial charge in [0.2, 0.25) is 11.8 Å². The van der Waals surface area contributed by atoms with Gasteiger partial charge in [-0.05, 0) is 26.3 Å². The Bertz CT molecular complexity index is 329. The molecule has 2 fully saturated rings. The van der Waals surface area contributed by atoms with Crippen LogP contribution in [0.25, 0.3) is 0 Å². The van der Waals surface area contributed by atoms with Gasteiger partial charge in [-0.25, -0.2) is 0 Å². The molecule has 2 saturated heterocycles. The van der Waals surface area contributed by atoms with Crippen molar-refractivity contribution in [1.29, 1.82) is 0 Å². The van der Waals surface area contributed by atoms with Gasteiger partial charge in [0.05, 0.1) is 25.2 Å². The van der Waals surface area contributed by atoms with Gasteiger partial charge < -0.3 is 20.7 Å². The van der Waals surface area contributed by atoms with Crippen LogP contribution in [0.5, 0.6) is 0 Å². The highest BCUT2D eigenvalue weighted by Gasteiger charge is 2.35. The zero-order valence-electron chi connectivity index (χ0n) is 10.7. The second-order valence-electron chi connectivity index (χ2n) is 5.16. The monoisotopic (exact) mass is 255 g/mol. The zero-order valence-corrected chi connectivity index (χ0v) is 10.7. The molecule has 0 aromatic carbocycles. The van der Waals surface area contributed by atoms with Crippen LogP contribution in [0.2, 0.25) is 0 Å². The van der Waals surface area contributed by atoms with Gasteiger partial charge in [-0.3, -0.25) is 9.59 Å². The lowest BCUT2D eigenvalue weighted by atomic mass is 10.0. The van der Waals surface area contributed by atoms with Gasteiger partial charge in [-0.15, -0.1) is 0 Å². The van der Waals surface area contributed by atoms with Crippen LogP contribution in [-0.2, 0) is 14.3 Å². The minimum absolute atomic E-state index is 0.00634. The molecule has 0 saturated carbocycles. The Balaban J connectivity index is 2.02. The molecule has 3 N–H and O–H groups in total. The lowest BCUT2D eigenvalue weighted by Crippen LogP contribution is -2.48. The predicted octanol–water partition coefficient (Wildman–Crippen LogP) is -0.913. The van der Waals surface area contributed by atoms with Crippen molar-refractivity contribution < 1.29 is 14.3 Å². The summed E-state index contributed by atoms with van der Waals surface area (Å²) in [4.78, 5) is 25.2. The molecule has 0 aromatic heterocycles. The fraction of sp³-hybridized carbons (Fsp3) is 0.833. The third-order valence-electron chi connectivity index (χ3n) is 3.63. The smallest absolute Gasteiger partial charge is 0.237 e. The molecule has 0 aromatic rings. The van der Waals surface area contributed by atoms with Crippen LogP contribution < -0.4 is 11.1 Å². The van der Waals surface area contributed by atoms with Crippen molar-refractivity contribution >= 4 is 11.8 Å². The number of hydrogen-bond donors (Lipinski definition) is 2. The normalized spacial score (nSPS) is 31.5. The minimum Gasteiger partial charge on any atom is -0.378 e. The number of nitrogens with zero attached hydrogens (tertiary/aromatic N) is 1. The third kappa shape index (κ3) is 3.00. The Morgan fingerprint density at radius 2 is 2.28 bits per heavy atom. The van der Waals surface area contributed by atoms with Crippen LogP contribution >= 0.6 is 0 Å². The summed E-state index contributed by atoms with van der Waals surface area (Å²) in [7, 11) is 0. The quantitative estimate of drug-likeness (QED) is 0.681. The van der Waals surface area contributed by atoms with Crippen molar-refractivity contribution in [3.8, 4) is 0 Å². The van der Waals surface area contributed by atoms with Gasteiger partial charge in [-0.1, -0.05) is 0 Å². The van der Waals surface area contributed by atoms with Crippen molar-refractivity contribution in [2.75, 3.05) is 26.2 Å². The summed E-state index contributed by atoms with van der Waals surface area (Å²) in [6.07, 6.45) is 1.73. The van der Waals surface area contributed by atoms with E-state index in [-0.39, 0.29) is 30.5 Å². The maximum atomic E-state index is 12.4. The van der Waals surface area contributed by atoms with Crippen molar-refractivity contribution in [2.24, 2.45) is 11.7 Å². The molecular weight excluding hydrogens is 234 g/mol. The molecule has 0 aliphatic carbocycles. The van der Waals surface area contributed by atoms with E-state index in [1.54, 1.807) is 4.90 Å². The van der Waals surface area contributed by atoms with Crippen LogP contribution in [-0.4, -0.2) is 55.1 Å².